The Morgan fingerprint density at radius 2 is 1.97 bits per heavy atom. The fourth-order valence-corrected chi connectivity index (χ4v) is 6.33. The summed E-state index contributed by atoms with van der Waals surface area (Å²) in [5, 5.41) is 2.98. The van der Waals surface area contributed by atoms with Gasteiger partial charge in [-0.15, -0.1) is 11.6 Å². The summed E-state index contributed by atoms with van der Waals surface area (Å²) in [5.74, 6) is -0.0186. The molecule has 0 spiro atoms. The molecule has 3 aliphatic carbocycles. The number of methoxy groups -OCH3 is 1. The lowest BCUT2D eigenvalue weighted by atomic mass is 9.43. The van der Waals surface area contributed by atoms with E-state index in [4.69, 9.17) is 30.4 Å². The van der Waals surface area contributed by atoms with Gasteiger partial charge in [0.25, 0.3) is 0 Å². The van der Waals surface area contributed by atoms with Crippen molar-refractivity contribution in [2.24, 2.45) is 17.3 Å². The molecule has 192 valence electrons. The van der Waals surface area contributed by atoms with E-state index in [2.05, 4.69) is 26.1 Å². The van der Waals surface area contributed by atoms with E-state index in [0.717, 1.165) is 18.4 Å². The minimum atomic E-state index is -0.638. The summed E-state index contributed by atoms with van der Waals surface area (Å²) in [6, 6.07) is 5.33. The minimum Gasteiger partial charge on any atom is -0.496 e. The molecule has 1 N–H and O–H groups in total. The summed E-state index contributed by atoms with van der Waals surface area (Å²) in [6.07, 6.45) is 2.41. The molecular weight excluding hydrogens is 469 g/mol. The summed E-state index contributed by atoms with van der Waals surface area (Å²) in [7, 11) is 0.884. The first kappa shape index (κ1) is 26.3. The monoisotopic (exact) mass is 505 g/mol. The number of nitrogens with one attached hydrogen (secondary N) is 1. The number of benzene rings is 1. The van der Waals surface area contributed by atoms with Crippen LogP contribution in [-0.4, -0.2) is 55.2 Å². The molecule has 1 amide bonds. The quantitative estimate of drug-likeness (QED) is 0.340. The van der Waals surface area contributed by atoms with Gasteiger partial charge in [-0.05, 0) is 75.8 Å². The van der Waals surface area contributed by atoms with Crippen molar-refractivity contribution in [3.63, 3.8) is 0 Å². The highest BCUT2D eigenvalue weighted by molar-refractivity contribution is 6.48. The molecule has 35 heavy (non-hydrogen) atoms. The molecule has 4 fully saturated rings. The zero-order chi connectivity index (χ0) is 25.8. The third-order valence-corrected chi connectivity index (χ3v) is 8.37. The van der Waals surface area contributed by atoms with E-state index < -0.39 is 30.2 Å². The van der Waals surface area contributed by atoms with Crippen LogP contribution in [0.2, 0.25) is 0 Å². The third kappa shape index (κ3) is 4.81. The summed E-state index contributed by atoms with van der Waals surface area (Å²) < 4.78 is 24.3. The van der Waals surface area contributed by atoms with E-state index in [1.54, 1.807) is 12.1 Å². The van der Waals surface area contributed by atoms with E-state index in [0.29, 0.717) is 29.6 Å². The largest absolute Gasteiger partial charge is 0.496 e. The Kier molecular flexibility index (Phi) is 6.97. The number of hydrogen-bond donors (Lipinski definition) is 1. The summed E-state index contributed by atoms with van der Waals surface area (Å²) in [5.41, 5.74) is 0.241. The van der Waals surface area contributed by atoms with Crippen LogP contribution >= 0.6 is 11.6 Å². The number of rotatable bonds is 7. The first-order valence-electron chi connectivity index (χ1n) is 12.4. The number of amides is 1. The highest BCUT2D eigenvalue weighted by Crippen LogP contribution is 2.65. The molecule has 0 radical (unpaired) electrons. The lowest BCUT2D eigenvalue weighted by Gasteiger charge is -2.64. The van der Waals surface area contributed by atoms with Gasteiger partial charge in [-0.3, -0.25) is 4.79 Å². The van der Waals surface area contributed by atoms with Crippen molar-refractivity contribution in [1.29, 1.82) is 0 Å². The highest BCUT2D eigenvalue weighted by Gasteiger charge is 2.68. The SMILES string of the molecule is COc1c(CC(NC(=O)CCl)B2O[C@@H]3C[C@@H]4C[C@@H](C4(C)C)[C@]3(C)O2)cccc1C(=O)OC(C)(C)C. The number of esters is 1. The van der Waals surface area contributed by atoms with Crippen molar-refractivity contribution in [3.8, 4) is 5.75 Å². The molecule has 3 saturated carbocycles. The van der Waals surface area contributed by atoms with Gasteiger partial charge in [0, 0.05) is 0 Å². The molecule has 9 heteroatoms. The molecule has 1 heterocycles. The van der Waals surface area contributed by atoms with Crippen molar-refractivity contribution in [2.75, 3.05) is 13.0 Å². The second kappa shape index (κ2) is 9.27. The first-order valence-corrected chi connectivity index (χ1v) is 12.9. The summed E-state index contributed by atoms with van der Waals surface area (Å²) in [6.45, 7) is 12.2. The van der Waals surface area contributed by atoms with Crippen LogP contribution in [0.4, 0.5) is 0 Å². The number of ether oxygens (including phenoxy) is 2. The molecule has 7 nitrogen and oxygen atoms in total. The molecule has 1 aliphatic heterocycles. The lowest BCUT2D eigenvalue weighted by molar-refractivity contribution is -0.199. The molecule has 1 aromatic rings. The zero-order valence-electron chi connectivity index (χ0n) is 21.8. The zero-order valence-corrected chi connectivity index (χ0v) is 22.5. The topological polar surface area (TPSA) is 83.1 Å². The Labute approximate surface area is 213 Å². The van der Waals surface area contributed by atoms with Crippen molar-refractivity contribution < 1.29 is 28.4 Å². The second-order valence-electron chi connectivity index (χ2n) is 11.8. The maximum atomic E-state index is 12.8. The van der Waals surface area contributed by atoms with Crippen LogP contribution in [0.1, 0.15) is 70.3 Å². The predicted molar refractivity (Wildman–Crippen MR) is 135 cm³/mol. The Morgan fingerprint density at radius 1 is 1.26 bits per heavy atom. The molecular formula is C26H37BClNO6. The molecule has 1 aromatic carbocycles. The van der Waals surface area contributed by atoms with Gasteiger partial charge < -0.3 is 24.1 Å². The maximum Gasteiger partial charge on any atom is 0.482 e. The van der Waals surface area contributed by atoms with Crippen molar-refractivity contribution in [2.45, 2.75) is 84.1 Å². The Balaban J connectivity index is 1.60. The number of carbonyl (C=O) groups excluding carboxylic acids is 2. The van der Waals surface area contributed by atoms with Crippen molar-refractivity contribution in [1.82, 2.24) is 5.32 Å². The number of hydrogen-bond acceptors (Lipinski definition) is 6. The first-order chi connectivity index (χ1) is 16.3. The molecule has 5 atom stereocenters. The van der Waals surface area contributed by atoms with Crippen LogP contribution in [0.15, 0.2) is 18.2 Å². The molecule has 1 unspecified atom stereocenters. The minimum absolute atomic E-state index is 0.0188. The Hall–Kier alpha value is -1.77. The molecule has 4 aliphatic rings. The van der Waals surface area contributed by atoms with Gasteiger partial charge in [0.2, 0.25) is 5.91 Å². The lowest BCUT2D eigenvalue weighted by Crippen LogP contribution is -2.65. The second-order valence-corrected chi connectivity index (χ2v) is 12.1. The molecule has 0 aromatic heterocycles. The van der Waals surface area contributed by atoms with Gasteiger partial charge in [-0.1, -0.05) is 26.0 Å². The van der Waals surface area contributed by atoms with E-state index >= 15 is 0 Å². The molecule has 1 saturated heterocycles. The fourth-order valence-electron chi connectivity index (χ4n) is 6.25. The van der Waals surface area contributed by atoms with E-state index in [1.807, 2.05) is 26.8 Å². The van der Waals surface area contributed by atoms with Gasteiger partial charge >= 0.3 is 13.1 Å². The summed E-state index contributed by atoms with van der Waals surface area (Å²) in [4.78, 5) is 25.2. The number of carbonyl (C=O) groups is 2. The summed E-state index contributed by atoms with van der Waals surface area (Å²) >= 11 is 5.83. The van der Waals surface area contributed by atoms with Gasteiger partial charge in [-0.2, -0.15) is 0 Å². The number of para-hydroxylation sites is 1. The number of alkyl halides is 1. The van der Waals surface area contributed by atoms with E-state index in [-0.39, 0.29) is 23.3 Å². The van der Waals surface area contributed by atoms with E-state index in [9.17, 15) is 9.59 Å². The van der Waals surface area contributed by atoms with Crippen LogP contribution < -0.4 is 10.1 Å². The average Bonchev–Trinajstić information content (AvgIpc) is 3.14. The van der Waals surface area contributed by atoms with Crippen LogP contribution in [0.3, 0.4) is 0 Å². The number of halogens is 1. The Morgan fingerprint density at radius 3 is 2.57 bits per heavy atom. The van der Waals surface area contributed by atoms with Crippen LogP contribution in [0, 0.1) is 17.3 Å². The van der Waals surface area contributed by atoms with Crippen LogP contribution in [0.5, 0.6) is 5.75 Å². The van der Waals surface area contributed by atoms with Crippen molar-refractivity contribution in [3.05, 3.63) is 29.3 Å². The van der Waals surface area contributed by atoms with Crippen LogP contribution in [-0.2, 0) is 25.3 Å². The van der Waals surface area contributed by atoms with Crippen LogP contribution in [0.25, 0.3) is 0 Å². The van der Waals surface area contributed by atoms with Gasteiger partial charge in [0.05, 0.1) is 24.8 Å². The Bertz CT molecular complexity index is 995. The predicted octanol–water partition coefficient (Wildman–Crippen LogP) is 4.18. The average molecular weight is 506 g/mol. The van der Waals surface area contributed by atoms with Gasteiger partial charge in [-0.25, -0.2) is 4.79 Å². The fraction of sp³-hybridized carbons (Fsp3) is 0.692. The molecule has 2 bridgehead atoms. The van der Waals surface area contributed by atoms with Crippen molar-refractivity contribution >= 4 is 30.6 Å². The smallest absolute Gasteiger partial charge is 0.482 e. The standard InChI is InChI=1S/C26H37BClNO6/c1-24(2,3)33-23(31)17-10-8-9-15(22(17)32-7)11-20(29-21(30)14-28)27-34-19-13-16-12-18(25(16,4)5)26(19,6)35-27/h8-10,16,18-20H,11-14H2,1-7H3,(H,29,30)/t16-,18-,19+,20?,26-/m0/s1. The van der Waals surface area contributed by atoms with Gasteiger partial charge in [0.1, 0.15) is 22.8 Å². The van der Waals surface area contributed by atoms with E-state index in [1.165, 1.54) is 7.11 Å². The third-order valence-electron chi connectivity index (χ3n) is 8.12. The van der Waals surface area contributed by atoms with Gasteiger partial charge in [0.15, 0.2) is 0 Å². The maximum absolute atomic E-state index is 12.8. The normalized spacial score (nSPS) is 29.6. The highest BCUT2D eigenvalue weighted by atomic mass is 35.5. The molecule has 5 rings (SSSR count).